The van der Waals surface area contributed by atoms with Gasteiger partial charge in [0.15, 0.2) is 0 Å². The molecule has 2 fully saturated rings. The third kappa shape index (κ3) is 4.40. The van der Waals surface area contributed by atoms with Crippen molar-refractivity contribution in [2.24, 2.45) is 11.7 Å². The summed E-state index contributed by atoms with van der Waals surface area (Å²) in [6.07, 6.45) is 8.56. The fourth-order valence-corrected chi connectivity index (χ4v) is 4.02. The van der Waals surface area contributed by atoms with Gasteiger partial charge in [0.05, 0.1) is 0 Å². The van der Waals surface area contributed by atoms with E-state index in [-0.39, 0.29) is 23.8 Å². The summed E-state index contributed by atoms with van der Waals surface area (Å²) in [5, 5.41) is 3.00. The lowest BCUT2D eigenvalue weighted by atomic mass is 9.88. The van der Waals surface area contributed by atoms with Gasteiger partial charge in [0, 0.05) is 36.3 Å². The molecule has 25 heavy (non-hydrogen) atoms. The molecule has 2 amide bonds. The average molecular weight is 343 g/mol. The summed E-state index contributed by atoms with van der Waals surface area (Å²) in [5.74, 6) is 0.211. The molecular formula is C20H29N3O2. The fraction of sp³-hybridized carbons (Fsp3) is 0.600. The van der Waals surface area contributed by atoms with E-state index in [0.717, 1.165) is 51.5 Å². The third-order valence-electron chi connectivity index (χ3n) is 5.51. The Kier molecular flexibility index (Phi) is 6.08. The fourth-order valence-electron chi connectivity index (χ4n) is 4.02. The minimum absolute atomic E-state index is 0.0175. The van der Waals surface area contributed by atoms with Crippen molar-refractivity contribution in [2.45, 2.75) is 57.4 Å². The lowest BCUT2D eigenvalue weighted by Crippen LogP contribution is -2.47. The van der Waals surface area contributed by atoms with Crippen LogP contribution in [0.25, 0.3) is 0 Å². The maximum atomic E-state index is 12.9. The lowest BCUT2D eigenvalue weighted by molar-refractivity contribution is -0.120. The van der Waals surface area contributed by atoms with Gasteiger partial charge in [0.25, 0.3) is 5.91 Å². The highest BCUT2D eigenvalue weighted by Gasteiger charge is 2.27. The number of carbonyl (C=O) groups excluding carboxylic acids is 2. The van der Waals surface area contributed by atoms with Gasteiger partial charge < -0.3 is 16.0 Å². The summed E-state index contributed by atoms with van der Waals surface area (Å²) in [7, 11) is 0. The number of hydrogen-bond acceptors (Lipinski definition) is 3. The van der Waals surface area contributed by atoms with Crippen LogP contribution in [0.2, 0.25) is 0 Å². The zero-order valence-corrected chi connectivity index (χ0v) is 14.9. The van der Waals surface area contributed by atoms with Crippen LogP contribution >= 0.6 is 0 Å². The number of anilines is 1. The Morgan fingerprint density at radius 3 is 2.60 bits per heavy atom. The Hall–Kier alpha value is -1.88. The number of benzene rings is 1. The van der Waals surface area contributed by atoms with Crippen LogP contribution in [0.5, 0.6) is 0 Å². The van der Waals surface area contributed by atoms with Crippen molar-refractivity contribution in [3.63, 3.8) is 0 Å². The van der Waals surface area contributed by atoms with Crippen molar-refractivity contribution in [3.05, 3.63) is 29.8 Å². The summed E-state index contributed by atoms with van der Waals surface area (Å²) < 4.78 is 0. The maximum absolute atomic E-state index is 12.9. The number of carbonyl (C=O) groups is 2. The monoisotopic (exact) mass is 343 g/mol. The van der Waals surface area contributed by atoms with Crippen molar-refractivity contribution in [3.8, 4) is 0 Å². The standard InChI is InChI=1S/C20H29N3O2/c21-14-18-11-4-5-12-23(18)20(25)16-9-6-10-17(13-16)22-19(24)15-7-2-1-3-8-15/h6,9-10,13,15,18H,1-5,7-8,11-12,14,21H2,(H,22,24). The zero-order valence-electron chi connectivity index (χ0n) is 14.9. The third-order valence-corrected chi connectivity index (χ3v) is 5.51. The lowest BCUT2D eigenvalue weighted by Gasteiger charge is -2.35. The van der Waals surface area contributed by atoms with Crippen LogP contribution in [-0.4, -0.2) is 35.8 Å². The first-order chi connectivity index (χ1) is 12.2. The Balaban J connectivity index is 1.68. The van der Waals surface area contributed by atoms with Crippen molar-refractivity contribution in [2.75, 3.05) is 18.4 Å². The van der Waals surface area contributed by atoms with Crippen LogP contribution in [0.3, 0.4) is 0 Å². The van der Waals surface area contributed by atoms with Crippen molar-refractivity contribution < 1.29 is 9.59 Å². The Morgan fingerprint density at radius 1 is 1.08 bits per heavy atom. The van der Waals surface area contributed by atoms with Gasteiger partial charge in [0.1, 0.15) is 0 Å². The maximum Gasteiger partial charge on any atom is 0.254 e. The van der Waals surface area contributed by atoms with E-state index in [9.17, 15) is 9.59 Å². The summed E-state index contributed by atoms with van der Waals surface area (Å²) in [6.45, 7) is 1.27. The van der Waals surface area contributed by atoms with Gasteiger partial charge in [-0.25, -0.2) is 0 Å². The molecule has 3 rings (SSSR count). The molecule has 1 saturated carbocycles. The largest absolute Gasteiger partial charge is 0.334 e. The van der Waals surface area contributed by atoms with Gasteiger partial charge in [-0.15, -0.1) is 0 Å². The van der Waals surface area contributed by atoms with Crippen LogP contribution < -0.4 is 11.1 Å². The van der Waals surface area contributed by atoms with E-state index in [0.29, 0.717) is 17.8 Å². The van der Waals surface area contributed by atoms with Crippen LogP contribution in [0.4, 0.5) is 5.69 Å². The van der Waals surface area contributed by atoms with Gasteiger partial charge in [-0.2, -0.15) is 0 Å². The van der Waals surface area contributed by atoms with E-state index in [4.69, 9.17) is 5.73 Å². The van der Waals surface area contributed by atoms with Gasteiger partial charge >= 0.3 is 0 Å². The Morgan fingerprint density at radius 2 is 1.84 bits per heavy atom. The second-order valence-electron chi connectivity index (χ2n) is 7.29. The highest BCUT2D eigenvalue weighted by Crippen LogP contribution is 2.25. The number of hydrogen-bond donors (Lipinski definition) is 2. The van der Waals surface area contributed by atoms with E-state index in [1.807, 2.05) is 23.1 Å². The number of amides is 2. The number of nitrogens with one attached hydrogen (secondary N) is 1. The SMILES string of the molecule is NCC1CCCCN1C(=O)c1cccc(NC(=O)C2CCCCC2)c1. The normalized spacial score (nSPS) is 21.8. The molecule has 1 heterocycles. The van der Waals surface area contributed by atoms with Gasteiger partial charge in [0.2, 0.25) is 5.91 Å². The molecule has 0 radical (unpaired) electrons. The smallest absolute Gasteiger partial charge is 0.254 e. The first-order valence-electron chi connectivity index (χ1n) is 9.61. The van der Waals surface area contributed by atoms with Crippen LogP contribution in [0.1, 0.15) is 61.7 Å². The van der Waals surface area contributed by atoms with E-state index < -0.39 is 0 Å². The Bertz CT molecular complexity index is 611. The van der Waals surface area contributed by atoms with Gasteiger partial charge in [-0.05, 0) is 50.3 Å². The minimum Gasteiger partial charge on any atom is -0.334 e. The molecule has 1 unspecified atom stereocenters. The molecule has 1 atom stereocenters. The van der Waals surface area contributed by atoms with E-state index in [2.05, 4.69) is 5.32 Å². The second-order valence-corrected chi connectivity index (χ2v) is 7.29. The molecule has 5 heteroatoms. The van der Waals surface area contributed by atoms with Gasteiger partial charge in [-0.3, -0.25) is 9.59 Å². The summed E-state index contributed by atoms with van der Waals surface area (Å²) in [5.41, 5.74) is 7.17. The molecule has 1 aliphatic heterocycles. The molecule has 1 aromatic carbocycles. The Labute approximate surface area is 150 Å². The summed E-state index contributed by atoms with van der Waals surface area (Å²) in [6, 6.07) is 7.44. The number of piperidine rings is 1. The van der Waals surface area contributed by atoms with Crippen LogP contribution in [-0.2, 0) is 4.79 Å². The molecule has 1 aromatic rings. The molecular weight excluding hydrogens is 314 g/mol. The zero-order chi connectivity index (χ0) is 17.6. The highest BCUT2D eigenvalue weighted by molar-refractivity contribution is 5.97. The summed E-state index contributed by atoms with van der Waals surface area (Å²) in [4.78, 5) is 27.2. The second kappa shape index (κ2) is 8.48. The van der Waals surface area contributed by atoms with Gasteiger partial charge in [-0.1, -0.05) is 25.3 Å². The number of nitrogens with two attached hydrogens (primary N) is 1. The van der Waals surface area contributed by atoms with E-state index in [1.165, 1.54) is 6.42 Å². The predicted octanol–water partition coefficient (Wildman–Crippen LogP) is 3.16. The van der Waals surface area contributed by atoms with Crippen molar-refractivity contribution in [1.29, 1.82) is 0 Å². The first-order valence-corrected chi connectivity index (χ1v) is 9.61. The van der Waals surface area contributed by atoms with Crippen molar-refractivity contribution >= 4 is 17.5 Å². The molecule has 1 aliphatic carbocycles. The first kappa shape index (κ1) is 17.9. The molecule has 1 saturated heterocycles. The number of likely N-dealkylation sites (tertiary alicyclic amines) is 1. The molecule has 5 nitrogen and oxygen atoms in total. The molecule has 0 bridgehead atoms. The van der Waals surface area contributed by atoms with E-state index >= 15 is 0 Å². The van der Waals surface area contributed by atoms with E-state index in [1.54, 1.807) is 6.07 Å². The molecule has 3 N–H and O–H groups in total. The molecule has 0 aromatic heterocycles. The topological polar surface area (TPSA) is 75.4 Å². The highest BCUT2D eigenvalue weighted by atomic mass is 16.2. The van der Waals surface area contributed by atoms with Crippen LogP contribution in [0.15, 0.2) is 24.3 Å². The summed E-state index contributed by atoms with van der Waals surface area (Å²) >= 11 is 0. The van der Waals surface area contributed by atoms with Crippen molar-refractivity contribution in [1.82, 2.24) is 4.90 Å². The molecule has 0 spiro atoms. The number of nitrogens with zero attached hydrogens (tertiary/aromatic N) is 1. The molecule has 136 valence electrons. The average Bonchev–Trinajstić information content (AvgIpc) is 2.68. The quantitative estimate of drug-likeness (QED) is 0.882. The molecule has 2 aliphatic rings. The minimum atomic E-state index is 0.0175. The number of rotatable bonds is 4. The predicted molar refractivity (Wildman–Crippen MR) is 99.4 cm³/mol. The van der Waals surface area contributed by atoms with Crippen LogP contribution in [0, 0.1) is 5.92 Å².